The van der Waals surface area contributed by atoms with Crippen molar-refractivity contribution in [1.29, 1.82) is 0 Å². The van der Waals surface area contributed by atoms with Crippen molar-refractivity contribution >= 4 is 10.8 Å². The van der Waals surface area contributed by atoms with Crippen molar-refractivity contribution in [2.45, 2.75) is 39.5 Å². The van der Waals surface area contributed by atoms with Crippen molar-refractivity contribution in [3.63, 3.8) is 0 Å². The third kappa shape index (κ3) is 2.67. The van der Waals surface area contributed by atoms with E-state index in [1.807, 2.05) is 18.2 Å². The molecule has 0 aliphatic heterocycles. The first kappa shape index (κ1) is 13.7. The summed E-state index contributed by atoms with van der Waals surface area (Å²) in [7, 11) is 0. The van der Waals surface area contributed by atoms with Crippen molar-refractivity contribution in [2.75, 3.05) is 6.61 Å². The maximum atomic E-state index is 10.2. The summed E-state index contributed by atoms with van der Waals surface area (Å²) in [6, 6.07) is 9.68. The Hall–Kier alpha value is -1.70. The summed E-state index contributed by atoms with van der Waals surface area (Å²) in [5.74, 6) is 1.17. The van der Waals surface area contributed by atoms with Crippen LogP contribution in [0, 0.1) is 0 Å². The van der Waals surface area contributed by atoms with E-state index in [1.165, 1.54) is 0 Å². The second-order valence-electron chi connectivity index (χ2n) is 5.91. The SMILES string of the molecule is CCCOc1ccc(O)c2c(C(C)(C)C)cccc12. The van der Waals surface area contributed by atoms with Crippen LogP contribution in [0.25, 0.3) is 10.8 Å². The quantitative estimate of drug-likeness (QED) is 0.869. The van der Waals surface area contributed by atoms with Gasteiger partial charge in [0.05, 0.1) is 6.61 Å². The van der Waals surface area contributed by atoms with Gasteiger partial charge in [-0.15, -0.1) is 0 Å². The topological polar surface area (TPSA) is 29.5 Å². The molecule has 2 heteroatoms. The Kier molecular flexibility index (Phi) is 3.70. The summed E-state index contributed by atoms with van der Waals surface area (Å²) < 4.78 is 5.78. The third-order valence-corrected chi connectivity index (χ3v) is 3.25. The van der Waals surface area contributed by atoms with Crippen LogP contribution in [0.1, 0.15) is 39.7 Å². The average molecular weight is 258 g/mol. The lowest BCUT2D eigenvalue weighted by atomic mass is 9.83. The molecule has 0 atom stereocenters. The van der Waals surface area contributed by atoms with E-state index in [1.54, 1.807) is 6.07 Å². The zero-order chi connectivity index (χ0) is 14.0. The second-order valence-corrected chi connectivity index (χ2v) is 5.91. The van der Waals surface area contributed by atoms with Gasteiger partial charge in [-0.05, 0) is 29.5 Å². The fourth-order valence-electron chi connectivity index (χ4n) is 2.32. The maximum Gasteiger partial charge on any atom is 0.127 e. The van der Waals surface area contributed by atoms with Gasteiger partial charge in [-0.1, -0.05) is 45.9 Å². The predicted molar refractivity (Wildman–Crippen MR) is 80.1 cm³/mol. The molecule has 0 saturated carbocycles. The molecule has 2 aromatic carbocycles. The monoisotopic (exact) mass is 258 g/mol. The standard InChI is InChI=1S/C17H22O2/c1-5-11-19-15-10-9-14(18)16-12(15)7-6-8-13(16)17(2,3)4/h6-10,18H,5,11H2,1-4H3. The first-order valence-electron chi connectivity index (χ1n) is 6.83. The third-order valence-electron chi connectivity index (χ3n) is 3.25. The Morgan fingerprint density at radius 3 is 2.47 bits per heavy atom. The largest absolute Gasteiger partial charge is 0.507 e. The molecule has 2 rings (SSSR count). The lowest BCUT2D eigenvalue weighted by molar-refractivity contribution is 0.321. The van der Waals surface area contributed by atoms with Crippen LogP contribution >= 0.6 is 0 Å². The summed E-state index contributed by atoms with van der Waals surface area (Å²) in [6.45, 7) is 9.24. The molecule has 0 saturated heterocycles. The van der Waals surface area contributed by atoms with Crippen molar-refractivity contribution in [1.82, 2.24) is 0 Å². The van der Waals surface area contributed by atoms with Crippen molar-refractivity contribution in [3.05, 3.63) is 35.9 Å². The van der Waals surface area contributed by atoms with Gasteiger partial charge in [-0.3, -0.25) is 0 Å². The van der Waals surface area contributed by atoms with E-state index in [2.05, 4.69) is 33.8 Å². The number of ether oxygens (including phenoxy) is 1. The normalized spacial score (nSPS) is 11.8. The van der Waals surface area contributed by atoms with Crippen LogP contribution in [0.3, 0.4) is 0 Å². The Morgan fingerprint density at radius 2 is 1.84 bits per heavy atom. The molecule has 102 valence electrons. The van der Waals surface area contributed by atoms with Crippen molar-refractivity contribution < 1.29 is 9.84 Å². The fourth-order valence-corrected chi connectivity index (χ4v) is 2.32. The van der Waals surface area contributed by atoms with Crippen LogP contribution < -0.4 is 4.74 Å². The first-order valence-corrected chi connectivity index (χ1v) is 6.83. The minimum atomic E-state index is -0.0135. The zero-order valence-corrected chi connectivity index (χ0v) is 12.2. The molecule has 0 unspecified atom stereocenters. The molecule has 0 aliphatic carbocycles. The fraction of sp³-hybridized carbons (Fsp3) is 0.412. The summed E-state index contributed by atoms with van der Waals surface area (Å²) in [4.78, 5) is 0. The minimum Gasteiger partial charge on any atom is -0.507 e. The number of hydrogen-bond donors (Lipinski definition) is 1. The van der Waals surface area contributed by atoms with E-state index in [4.69, 9.17) is 4.74 Å². The molecule has 19 heavy (non-hydrogen) atoms. The molecular formula is C17H22O2. The Labute approximate surface area is 115 Å². The highest BCUT2D eigenvalue weighted by molar-refractivity contribution is 5.96. The van der Waals surface area contributed by atoms with Gasteiger partial charge in [-0.2, -0.15) is 0 Å². The molecule has 0 heterocycles. The zero-order valence-electron chi connectivity index (χ0n) is 12.2. The Bertz CT molecular complexity index is 580. The van der Waals surface area contributed by atoms with Crippen molar-refractivity contribution in [2.24, 2.45) is 0 Å². The van der Waals surface area contributed by atoms with E-state index in [0.717, 1.165) is 28.5 Å². The lowest BCUT2D eigenvalue weighted by Gasteiger charge is -2.22. The van der Waals surface area contributed by atoms with Crippen LogP contribution in [0.4, 0.5) is 0 Å². The van der Waals surface area contributed by atoms with Crippen LogP contribution in [0.5, 0.6) is 11.5 Å². The van der Waals surface area contributed by atoms with Gasteiger partial charge in [0.25, 0.3) is 0 Å². The number of aromatic hydroxyl groups is 1. The summed E-state index contributed by atoms with van der Waals surface area (Å²) in [5.41, 5.74) is 1.13. The van der Waals surface area contributed by atoms with Gasteiger partial charge < -0.3 is 9.84 Å². The molecule has 0 aliphatic rings. The van der Waals surface area contributed by atoms with E-state index in [0.29, 0.717) is 12.4 Å². The number of rotatable bonds is 3. The van der Waals surface area contributed by atoms with Crippen molar-refractivity contribution in [3.8, 4) is 11.5 Å². The smallest absolute Gasteiger partial charge is 0.127 e. The van der Waals surface area contributed by atoms with Crippen LogP contribution in [0.2, 0.25) is 0 Å². The van der Waals surface area contributed by atoms with Crippen LogP contribution in [-0.2, 0) is 5.41 Å². The number of benzene rings is 2. The number of phenolic OH excluding ortho intramolecular Hbond substituents is 1. The Balaban J connectivity index is 2.68. The van der Waals surface area contributed by atoms with Gasteiger partial charge in [0.15, 0.2) is 0 Å². The van der Waals surface area contributed by atoms with Crippen LogP contribution in [-0.4, -0.2) is 11.7 Å². The molecule has 0 bridgehead atoms. The lowest BCUT2D eigenvalue weighted by Crippen LogP contribution is -2.11. The molecule has 0 amide bonds. The van der Waals surface area contributed by atoms with Gasteiger partial charge in [0.2, 0.25) is 0 Å². The second kappa shape index (κ2) is 5.12. The number of phenols is 1. The van der Waals surface area contributed by atoms with Crippen LogP contribution in [0.15, 0.2) is 30.3 Å². The molecular weight excluding hydrogens is 236 g/mol. The van der Waals surface area contributed by atoms with E-state index < -0.39 is 0 Å². The molecule has 2 aromatic rings. The minimum absolute atomic E-state index is 0.0135. The summed E-state index contributed by atoms with van der Waals surface area (Å²) >= 11 is 0. The van der Waals surface area contributed by atoms with Gasteiger partial charge in [0, 0.05) is 10.8 Å². The molecule has 0 fully saturated rings. The van der Waals surface area contributed by atoms with E-state index >= 15 is 0 Å². The van der Waals surface area contributed by atoms with Gasteiger partial charge in [0.1, 0.15) is 11.5 Å². The first-order chi connectivity index (χ1) is 8.95. The highest BCUT2D eigenvalue weighted by Crippen LogP contribution is 2.39. The molecule has 0 spiro atoms. The Morgan fingerprint density at radius 1 is 1.11 bits per heavy atom. The number of hydrogen-bond acceptors (Lipinski definition) is 2. The molecule has 0 aromatic heterocycles. The number of fused-ring (bicyclic) bond motifs is 1. The molecule has 2 nitrogen and oxygen atoms in total. The van der Waals surface area contributed by atoms with E-state index in [9.17, 15) is 5.11 Å². The highest BCUT2D eigenvalue weighted by Gasteiger charge is 2.20. The molecule has 0 radical (unpaired) electrons. The summed E-state index contributed by atoms with van der Waals surface area (Å²) in [5, 5.41) is 12.1. The van der Waals surface area contributed by atoms with Gasteiger partial charge in [-0.25, -0.2) is 0 Å². The molecule has 1 N–H and O–H groups in total. The highest BCUT2D eigenvalue weighted by atomic mass is 16.5. The van der Waals surface area contributed by atoms with E-state index in [-0.39, 0.29) is 5.41 Å². The maximum absolute atomic E-state index is 10.2. The summed E-state index contributed by atoms with van der Waals surface area (Å²) in [6.07, 6.45) is 0.974. The van der Waals surface area contributed by atoms with Gasteiger partial charge >= 0.3 is 0 Å². The average Bonchev–Trinajstić information content (AvgIpc) is 2.36. The predicted octanol–water partition coefficient (Wildman–Crippen LogP) is 4.63.